The largest absolute Gasteiger partial charge is 1.00 e. The van der Waals surface area contributed by atoms with Crippen LogP contribution >= 0.6 is 0 Å². The van der Waals surface area contributed by atoms with Crippen LogP contribution in [0.3, 0.4) is 0 Å². The van der Waals surface area contributed by atoms with Crippen molar-refractivity contribution in [3.8, 4) is 17.3 Å². The molecule has 1 aliphatic rings. The number of nitrogens with zero attached hydrogens (tertiary/aromatic N) is 3. The van der Waals surface area contributed by atoms with E-state index in [-0.39, 0.29) is 29.6 Å². The average molecular weight is 303 g/mol. The van der Waals surface area contributed by atoms with Gasteiger partial charge >= 0.3 is 29.6 Å². The number of benzene rings is 1. The van der Waals surface area contributed by atoms with Gasteiger partial charge in [0.15, 0.2) is 0 Å². The minimum Gasteiger partial charge on any atom is -0.590 e. The molecule has 0 fully saturated rings. The fourth-order valence-corrected chi connectivity index (χ4v) is 2.58. The van der Waals surface area contributed by atoms with E-state index in [4.69, 9.17) is 10.00 Å². The first-order valence-electron chi connectivity index (χ1n) is 6.58. The number of nitriles is 1. The minimum atomic E-state index is -0.715. The van der Waals surface area contributed by atoms with Crippen molar-refractivity contribution in [3.63, 3.8) is 0 Å². The Labute approximate surface area is 151 Å². The van der Waals surface area contributed by atoms with E-state index in [1.165, 1.54) is 0 Å². The first kappa shape index (κ1) is 16.6. The van der Waals surface area contributed by atoms with E-state index in [0.29, 0.717) is 11.4 Å². The Morgan fingerprint density at radius 3 is 2.64 bits per heavy atom. The summed E-state index contributed by atoms with van der Waals surface area (Å²) in [7, 11) is 1.85. The smallest absolute Gasteiger partial charge is 0.590 e. The molecule has 0 bridgehead atoms. The molecule has 6 heteroatoms. The second-order valence-electron chi connectivity index (χ2n) is 5.50. The van der Waals surface area contributed by atoms with Crippen LogP contribution in [-0.2, 0) is 17.4 Å². The van der Waals surface area contributed by atoms with Crippen molar-refractivity contribution in [2.45, 2.75) is 19.4 Å². The van der Waals surface area contributed by atoms with Crippen LogP contribution in [0.4, 0.5) is 10.5 Å². The van der Waals surface area contributed by atoms with Gasteiger partial charge in [-0.15, -0.1) is 5.69 Å². The van der Waals surface area contributed by atoms with Crippen molar-refractivity contribution in [3.05, 3.63) is 46.9 Å². The number of carbonyl (C=O) groups is 1. The summed E-state index contributed by atoms with van der Waals surface area (Å²) in [6.07, 6.45) is -0.564. The van der Waals surface area contributed by atoms with E-state index in [9.17, 15) is 4.79 Å². The number of cyclic esters (lactones) is 1. The number of ether oxygens (including phenoxy) is 1. The molecule has 22 heavy (non-hydrogen) atoms. The Balaban J connectivity index is 0.00000176. The van der Waals surface area contributed by atoms with Crippen LogP contribution in [0.15, 0.2) is 30.3 Å². The predicted molar refractivity (Wildman–Crippen MR) is 78.1 cm³/mol. The van der Waals surface area contributed by atoms with E-state index in [2.05, 4.69) is 11.4 Å². The Kier molecular flexibility index (Phi) is 4.39. The molecule has 0 unspecified atom stereocenters. The molecule has 0 saturated heterocycles. The van der Waals surface area contributed by atoms with E-state index >= 15 is 0 Å². The molecule has 2 heterocycles. The van der Waals surface area contributed by atoms with E-state index < -0.39 is 11.7 Å². The van der Waals surface area contributed by atoms with Crippen LogP contribution in [0.25, 0.3) is 16.6 Å². The second-order valence-corrected chi connectivity index (χ2v) is 5.50. The normalized spacial score (nSPS) is 14.9. The van der Waals surface area contributed by atoms with Crippen LogP contribution in [0.5, 0.6) is 0 Å². The topological polar surface area (TPSA) is 69.1 Å². The third kappa shape index (κ3) is 2.66. The molecule has 0 saturated carbocycles. The van der Waals surface area contributed by atoms with Gasteiger partial charge in [0, 0.05) is 12.7 Å². The van der Waals surface area contributed by atoms with Crippen molar-refractivity contribution < 1.29 is 39.1 Å². The van der Waals surface area contributed by atoms with Gasteiger partial charge in [-0.05, 0) is 43.2 Å². The summed E-state index contributed by atoms with van der Waals surface area (Å²) < 4.78 is 7.12. The number of aromatic nitrogens is 1. The van der Waals surface area contributed by atoms with Crippen molar-refractivity contribution in [2.24, 2.45) is 7.05 Å². The SMILES string of the molecule is Cn1c(C#N)ccc1-c1ccc2c(c1)C(C)(C)OC(=O)[N-]2.[Na+]. The van der Waals surface area contributed by atoms with Gasteiger partial charge in [0.1, 0.15) is 17.4 Å². The van der Waals surface area contributed by atoms with E-state index in [0.717, 1.165) is 16.8 Å². The van der Waals surface area contributed by atoms with E-state index in [1.54, 1.807) is 6.07 Å². The summed E-state index contributed by atoms with van der Waals surface area (Å²) in [6.45, 7) is 3.68. The molecular formula is C16H14N3NaO2. The molecule has 1 amide bonds. The van der Waals surface area contributed by atoms with Gasteiger partial charge in [0.05, 0.1) is 0 Å². The number of hydrogen-bond acceptors (Lipinski definition) is 3. The molecule has 1 aromatic carbocycles. The van der Waals surface area contributed by atoms with Gasteiger partial charge in [0.25, 0.3) is 0 Å². The van der Waals surface area contributed by atoms with Gasteiger partial charge in [-0.3, -0.25) is 4.79 Å². The van der Waals surface area contributed by atoms with Crippen molar-refractivity contribution in [2.75, 3.05) is 0 Å². The first-order chi connectivity index (χ1) is 9.92. The molecule has 0 atom stereocenters. The Morgan fingerprint density at radius 1 is 1.27 bits per heavy atom. The quantitative estimate of drug-likeness (QED) is 0.737. The molecule has 0 spiro atoms. The zero-order valence-electron chi connectivity index (χ0n) is 13.0. The fourth-order valence-electron chi connectivity index (χ4n) is 2.58. The summed E-state index contributed by atoms with van der Waals surface area (Å²) in [5, 5.41) is 12.9. The Bertz CT molecular complexity index is 787. The zero-order valence-corrected chi connectivity index (χ0v) is 15.0. The minimum absolute atomic E-state index is 0. The van der Waals surface area contributed by atoms with Gasteiger partial charge in [-0.1, -0.05) is 12.1 Å². The molecule has 3 rings (SSSR count). The molecular weight excluding hydrogens is 289 g/mol. The number of carbonyl (C=O) groups excluding carboxylic acids is 1. The van der Waals surface area contributed by atoms with Crippen LogP contribution in [-0.4, -0.2) is 10.7 Å². The molecule has 0 aliphatic carbocycles. The number of fused-ring (bicyclic) bond motifs is 1. The maximum atomic E-state index is 11.5. The third-order valence-electron chi connectivity index (χ3n) is 3.73. The summed E-state index contributed by atoms with van der Waals surface area (Å²) >= 11 is 0. The Morgan fingerprint density at radius 2 is 2.00 bits per heavy atom. The fraction of sp³-hybridized carbons (Fsp3) is 0.250. The molecule has 0 N–H and O–H groups in total. The standard InChI is InChI=1S/C16H15N3O2.Na/c1-16(2)12-8-10(4-6-13(12)18-15(20)21-16)14-7-5-11(9-17)19(14)3;/h4-8H,1-3H3,(H,18,20);/q;+1/p-1. The van der Waals surface area contributed by atoms with E-state index in [1.807, 2.05) is 49.7 Å². The monoisotopic (exact) mass is 303 g/mol. The molecule has 1 aliphatic heterocycles. The summed E-state index contributed by atoms with van der Waals surface area (Å²) in [5.74, 6) is 0. The zero-order chi connectivity index (χ0) is 15.2. The van der Waals surface area contributed by atoms with Crippen LogP contribution in [0, 0.1) is 11.3 Å². The predicted octanol–water partition coefficient (Wildman–Crippen LogP) is 0.958. The summed E-state index contributed by atoms with van der Waals surface area (Å²) in [5.41, 5.74) is 3.26. The molecule has 0 radical (unpaired) electrons. The van der Waals surface area contributed by atoms with Crippen molar-refractivity contribution in [1.82, 2.24) is 4.57 Å². The van der Waals surface area contributed by atoms with Crippen molar-refractivity contribution >= 4 is 11.8 Å². The molecule has 2 aromatic rings. The van der Waals surface area contributed by atoms with Gasteiger partial charge in [-0.25, -0.2) is 0 Å². The number of rotatable bonds is 1. The second kappa shape index (κ2) is 5.81. The average Bonchev–Trinajstić information content (AvgIpc) is 2.78. The van der Waals surface area contributed by atoms with Crippen molar-refractivity contribution in [1.29, 1.82) is 5.26 Å². The van der Waals surface area contributed by atoms with Crippen LogP contribution < -0.4 is 29.6 Å². The van der Waals surface area contributed by atoms with Gasteiger partial charge < -0.3 is 14.6 Å². The van der Waals surface area contributed by atoms with Crippen LogP contribution in [0.1, 0.15) is 25.1 Å². The number of hydrogen-bond donors (Lipinski definition) is 0. The first-order valence-corrected chi connectivity index (χ1v) is 6.58. The van der Waals surface area contributed by atoms with Crippen LogP contribution in [0.2, 0.25) is 0 Å². The molecule has 106 valence electrons. The summed E-state index contributed by atoms with van der Waals surface area (Å²) in [6, 6.07) is 11.5. The molecule has 5 nitrogen and oxygen atoms in total. The van der Waals surface area contributed by atoms with Gasteiger partial charge in [0.2, 0.25) is 6.09 Å². The maximum Gasteiger partial charge on any atom is 1.00 e. The maximum absolute atomic E-state index is 11.5. The van der Waals surface area contributed by atoms with Gasteiger partial charge in [-0.2, -0.15) is 5.26 Å². The third-order valence-corrected chi connectivity index (χ3v) is 3.73. The summed E-state index contributed by atoms with van der Waals surface area (Å²) in [4.78, 5) is 11.5. The Hall–Kier alpha value is -1.74. The molecule has 1 aromatic heterocycles. The number of amides is 1.